The minimum Gasteiger partial charge on any atom is -0.481 e. The Morgan fingerprint density at radius 2 is 1.63 bits per heavy atom. The molecule has 0 fully saturated rings. The van der Waals surface area contributed by atoms with Gasteiger partial charge in [-0.1, -0.05) is 11.6 Å². The maximum atomic E-state index is 12.9. The molecule has 0 radical (unpaired) electrons. The number of ether oxygens (including phenoxy) is 2. The van der Waals surface area contributed by atoms with Gasteiger partial charge in [-0.05, 0) is 16.0 Å². The standard InChI is InChI=1S/C16H19ClN6O6S/c1-22(2)14(24)10-6-5-9(17)7-11(10)23(15(18)25,30(19,26)27)16-20-12(28-3)8-13(21-16)29-4/h5-8H,1-4H3,(H3-,18,19,25,26,27)/p+1. The van der Waals surface area contributed by atoms with Crippen molar-refractivity contribution >= 4 is 45.4 Å². The molecule has 0 bridgehead atoms. The highest BCUT2D eigenvalue weighted by molar-refractivity contribution is 7.89. The van der Waals surface area contributed by atoms with Gasteiger partial charge in [-0.3, -0.25) is 4.79 Å². The van der Waals surface area contributed by atoms with Gasteiger partial charge in [-0.15, -0.1) is 9.97 Å². The molecule has 1 unspecified atom stereocenters. The number of nitrogens with zero attached hydrogens (tertiary/aromatic N) is 4. The molecular weight excluding hydrogens is 440 g/mol. The molecule has 3 amide bonds. The van der Waals surface area contributed by atoms with Crippen molar-refractivity contribution in [2.45, 2.75) is 0 Å². The number of hydrogen-bond acceptors (Lipinski definition) is 8. The van der Waals surface area contributed by atoms with E-state index >= 15 is 0 Å². The van der Waals surface area contributed by atoms with Gasteiger partial charge in [0.05, 0.1) is 20.3 Å². The Labute approximate surface area is 177 Å². The molecule has 4 N–H and O–H groups in total. The van der Waals surface area contributed by atoms with Crippen LogP contribution in [-0.2, 0) is 10.2 Å². The minimum absolute atomic E-state index is 0.00238. The summed E-state index contributed by atoms with van der Waals surface area (Å²) in [6, 6.07) is 3.38. The highest BCUT2D eigenvalue weighted by atomic mass is 35.5. The van der Waals surface area contributed by atoms with Crippen LogP contribution in [0.15, 0.2) is 24.3 Å². The molecule has 1 aromatic heterocycles. The zero-order valence-corrected chi connectivity index (χ0v) is 18.1. The van der Waals surface area contributed by atoms with E-state index in [0.717, 1.165) is 6.07 Å². The van der Waals surface area contributed by atoms with E-state index in [4.69, 9.17) is 31.9 Å². The molecule has 2 aromatic rings. The summed E-state index contributed by atoms with van der Waals surface area (Å²) in [6.45, 7) is 0. The van der Waals surface area contributed by atoms with Crippen LogP contribution in [0.5, 0.6) is 11.8 Å². The quantitative estimate of drug-likeness (QED) is 0.597. The summed E-state index contributed by atoms with van der Waals surface area (Å²) in [5.41, 5.74) is 4.86. The van der Waals surface area contributed by atoms with Gasteiger partial charge in [0.2, 0.25) is 11.8 Å². The molecule has 1 aromatic carbocycles. The normalized spacial score (nSPS) is 13.3. The van der Waals surface area contributed by atoms with Gasteiger partial charge in [0.15, 0.2) is 5.69 Å². The lowest BCUT2D eigenvalue weighted by Gasteiger charge is -2.29. The van der Waals surface area contributed by atoms with Gasteiger partial charge in [-0.25, -0.2) is 4.79 Å². The molecule has 30 heavy (non-hydrogen) atoms. The van der Waals surface area contributed by atoms with E-state index in [-0.39, 0.29) is 22.3 Å². The van der Waals surface area contributed by atoms with Crippen LogP contribution >= 0.6 is 11.6 Å². The number of amides is 3. The van der Waals surface area contributed by atoms with Crippen molar-refractivity contribution < 1.29 is 27.5 Å². The number of halogens is 1. The third-order valence-corrected chi connectivity index (χ3v) is 5.53. The predicted molar refractivity (Wildman–Crippen MR) is 109 cm³/mol. The molecule has 0 aliphatic carbocycles. The van der Waals surface area contributed by atoms with E-state index in [9.17, 15) is 18.0 Å². The van der Waals surface area contributed by atoms with Gasteiger partial charge in [0, 0.05) is 25.2 Å². The number of methoxy groups -OCH3 is 2. The highest BCUT2D eigenvalue weighted by Crippen LogP contribution is 2.40. The van der Waals surface area contributed by atoms with E-state index in [2.05, 4.69) is 9.97 Å². The van der Waals surface area contributed by atoms with Crippen molar-refractivity contribution in [3.8, 4) is 11.8 Å². The van der Waals surface area contributed by atoms with Crippen molar-refractivity contribution in [2.24, 2.45) is 10.9 Å². The molecular formula is C16H20ClN6O6S+. The summed E-state index contributed by atoms with van der Waals surface area (Å²) < 4.78 is 33.9. The van der Waals surface area contributed by atoms with E-state index in [1.165, 1.54) is 51.4 Å². The van der Waals surface area contributed by atoms with E-state index < -0.39 is 37.7 Å². The lowest BCUT2D eigenvalue weighted by Crippen LogP contribution is -2.61. The summed E-state index contributed by atoms with van der Waals surface area (Å²) in [7, 11) is 0.385. The molecule has 0 spiro atoms. The number of benzene rings is 1. The van der Waals surface area contributed by atoms with Crippen LogP contribution in [0.3, 0.4) is 0 Å². The fraction of sp³-hybridized carbons (Fsp3) is 0.250. The number of nitrogens with two attached hydrogens (primary N) is 2. The monoisotopic (exact) mass is 459 g/mol. The van der Waals surface area contributed by atoms with Crippen LogP contribution in [0.2, 0.25) is 5.02 Å². The minimum atomic E-state index is -4.98. The molecule has 1 atom stereocenters. The molecule has 0 saturated heterocycles. The van der Waals surface area contributed by atoms with Crippen molar-refractivity contribution in [1.29, 1.82) is 0 Å². The van der Waals surface area contributed by atoms with Crippen LogP contribution in [0.1, 0.15) is 10.4 Å². The second-order valence-corrected chi connectivity index (χ2v) is 8.09. The fourth-order valence-corrected chi connectivity index (χ4v) is 3.78. The number of carbonyl (C=O) groups excluding carboxylic acids is 2. The average molecular weight is 460 g/mol. The van der Waals surface area contributed by atoms with Gasteiger partial charge in [-0.2, -0.15) is 13.6 Å². The molecule has 162 valence electrons. The Hall–Kier alpha value is -3.00. The lowest BCUT2D eigenvalue weighted by molar-refractivity contribution is 0.0827. The van der Waals surface area contributed by atoms with Crippen LogP contribution in [-0.4, -0.2) is 63.5 Å². The third-order valence-electron chi connectivity index (χ3n) is 3.99. The summed E-state index contributed by atoms with van der Waals surface area (Å²) in [4.78, 5) is 34.5. The maximum absolute atomic E-state index is 12.9. The number of carbonyl (C=O) groups is 2. The third kappa shape index (κ3) is 3.87. The number of quaternary nitrogens is 1. The SMILES string of the molecule is COc1cc(OC)nc([N+](C(N)=O)(c2cc(Cl)ccc2C(=O)N(C)C)S(N)(=O)=O)n1. The molecule has 12 nitrogen and oxygen atoms in total. The summed E-state index contributed by atoms with van der Waals surface area (Å²) >= 11 is 6.05. The second-order valence-electron chi connectivity index (χ2n) is 6.08. The van der Waals surface area contributed by atoms with Crippen molar-refractivity contribution in [3.63, 3.8) is 0 Å². The molecule has 0 aliphatic heterocycles. The Morgan fingerprint density at radius 1 is 1.10 bits per heavy atom. The first-order valence-corrected chi connectivity index (χ1v) is 9.99. The van der Waals surface area contributed by atoms with Crippen LogP contribution < -0.4 is 24.2 Å². The lowest BCUT2D eigenvalue weighted by atomic mass is 10.1. The molecule has 2 rings (SSSR count). The Kier molecular flexibility index (Phi) is 6.51. The summed E-state index contributed by atoms with van der Waals surface area (Å²) in [6.07, 6.45) is 0. The number of hydrogen-bond donors (Lipinski definition) is 2. The Morgan fingerprint density at radius 3 is 2.03 bits per heavy atom. The zero-order chi connectivity index (χ0) is 22.9. The molecule has 0 aliphatic rings. The summed E-state index contributed by atoms with van der Waals surface area (Å²) in [5, 5.41) is 5.47. The van der Waals surface area contributed by atoms with Crippen molar-refractivity contribution in [1.82, 2.24) is 18.8 Å². The fourth-order valence-electron chi connectivity index (χ4n) is 2.63. The van der Waals surface area contributed by atoms with Gasteiger partial charge in [0.1, 0.15) is 5.56 Å². The zero-order valence-electron chi connectivity index (χ0n) is 16.5. The van der Waals surface area contributed by atoms with Crippen molar-refractivity contribution in [3.05, 3.63) is 34.9 Å². The van der Waals surface area contributed by atoms with Crippen LogP contribution in [0.4, 0.5) is 16.4 Å². The largest absolute Gasteiger partial charge is 0.481 e. The van der Waals surface area contributed by atoms with Crippen LogP contribution in [0, 0.1) is 0 Å². The van der Waals surface area contributed by atoms with Crippen molar-refractivity contribution in [2.75, 3.05) is 28.3 Å². The first kappa shape index (κ1) is 23.3. The average Bonchev–Trinajstić information content (AvgIpc) is 2.66. The van der Waals surface area contributed by atoms with E-state index in [1.54, 1.807) is 0 Å². The molecule has 14 heteroatoms. The number of urea groups is 1. The molecule has 0 saturated carbocycles. The topological polar surface area (TPSA) is 168 Å². The smallest absolute Gasteiger partial charge is 0.443 e. The highest BCUT2D eigenvalue weighted by Gasteiger charge is 2.57. The molecule has 1 heterocycles. The first-order chi connectivity index (χ1) is 13.9. The van der Waals surface area contributed by atoms with E-state index in [0.29, 0.717) is 0 Å². The Bertz CT molecular complexity index is 1090. The van der Waals surface area contributed by atoms with Gasteiger partial charge in [0.25, 0.3) is 5.91 Å². The van der Waals surface area contributed by atoms with Gasteiger partial charge >= 0.3 is 22.2 Å². The predicted octanol–water partition coefficient (Wildman–Crippen LogP) is 0.770. The maximum Gasteiger partial charge on any atom is 0.443 e. The van der Waals surface area contributed by atoms with E-state index in [1.807, 2.05) is 0 Å². The second kappa shape index (κ2) is 8.39. The number of primary amides is 1. The number of rotatable bonds is 6. The first-order valence-electron chi connectivity index (χ1n) is 8.11. The van der Waals surface area contributed by atoms with Crippen LogP contribution in [0.25, 0.3) is 0 Å². The number of aromatic nitrogens is 2. The Balaban J connectivity index is 3.12. The summed E-state index contributed by atoms with van der Waals surface area (Å²) in [5.74, 6) is -1.67. The van der Waals surface area contributed by atoms with Gasteiger partial charge < -0.3 is 20.1 Å².